The molecule has 0 bridgehead atoms. The zero-order chi connectivity index (χ0) is 19.1. The third-order valence-electron chi connectivity index (χ3n) is 3.71. The summed E-state index contributed by atoms with van der Waals surface area (Å²) < 4.78 is 15.4. The lowest BCUT2D eigenvalue weighted by molar-refractivity contribution is -0.124. The van der Waals surface area contributed by atoms with Crippen LogP contribution in [0, 0.1) is 0 Å². The first kappa shape index (κ1) is 19.6. The van der Waals surface area contributed by atoms with Gasteiger partial charge in [0, 0.05) is 5.02 Å². The number of nitrogens with one attached hydrogen (secondary N) is 1. The molecular formula is C19H20ClNO5. The van der Waals surface area contributed by atoms with Crippen molar-refractivity contribution >= 4 is 23.5 Å². The van der Waals surface area contributed by atoms with Gasteiger partial charge in [-0.15, -0.1) is 0 Å². The van der Waals surface area contributed by atoms with Gasteiger partial charge in [-0.05, 0) is 30.7 Å². The van der Waals surface area contributed by atoms with E-state index in [1.807, 2.05) is 18.2 Å². The molecule has 0 saturated heterocycles. The summed E-state index contributed by atoms with van der Waals surface area (Å²) in [6, 6.07) is 11.7. The van der Waals surface area contributed by atoms with Crippen molar-refractivity contribution in [2.75, 3.05) is 20.8 Å². The number of ether oxygens (including phenoxy) is 3. The van der Waals surface area contributed by atoms with Crippen molar-refractivity contribution in [3.05, 3.63) is 58.6 Å². The van der Waals surface area contributed by atoms with Crippen molar-refractivity contribution < 1.29 is 23.8 Å². The van der Waals surface area contributed by atoms with Gasteiger partial charge >= 0.3 is 5.97 Å². The maximum Gasteiger partial charge on any atom is 0.342 e. The molecule has 0 aliphatic carbocycles. The number of esters is 1. The van der Waals surface area contributed by atoms with Crippen LogP contribution in [0.4, 0.5) is 0 Å². The minimum absolute atomic E-state index is 0.179. The highest BCUT2D eigenvalue weighted by molar-refractivity contribution is 6.31. The van der Waals surface area contributed by atoms with Gasteiger partial charge in [0.05, 0.1) is 20.3 Å². The van der Waals surface area contributed by atoms with Crippen LogP contribution < -0.4 is 14.8 Å². The van der Waals surface area contributed by atoms with E-state index in [1.54, 1.807) is 25.1 Å². The van der Waals surface area contributed by atoms with Crippen LogP contribution in [0.3, 0.4) is 0 Å². The number of amides is 1. The molecule has 2 aromatic carbocycles. The van der Waals surface area contributed by atoms with E-state index in [2.05, 4.69) is 5.32 Å². The van der Waals surface area contributed by atoms with E-state index in [0.29, 0.717) is 10.8 Å². The average Bonchev–Trinajstić information content (AvgIpc) is 2.65. The number of hydrogen-bond donors (Lipinski definition) is 1. The molecule has 0 heterocycles. The topological polar surface area (TPSA) is 73.9 Å². The SMILES string of the molecule is COc1cccc(C(=O)OCC(=O)N[C@H](C)c2ccccc2Cl)c1OC. The number of halogens is 1. The van der Waals surface area contributed by atoms with E-state index in [1.165, 1.54) is 20.3 Å². The Balaban J connectivity index is 1.97. The molecule has 0 spiro atoms. The monoisotopic (exact) mass is 377 g/mol. The molecule has 26 heavy (non-hydrogen) atoms. The molecule has 0 radical (unpaired) electrons. The van der Waals surface area contributed by atoms with Gasteiger partial charge in [0.2, 0.25) is 0 Å². The van der Waals surface area contributed by atoms with E-state index in [0.717, 1.165) is 5.56 Å². The van der Waals surface area contributed by atoms with Crippen molar-refractivity contribution in [3.63, 3.8) is 0 Å². The molecule has 138 valence electrons. The van der Waals surface area contributed by atoms with Gasteiger partial charge in [0.1, 0.15) is 5.56 Å². The molecule has 0 saturated carbocycles. The summed E-state index contributed by atoms with van der Waals surface area (Å²) in [6.45, 7) is 1.38. The van der Waals surface area contributed by atoms with Gasteiger partial charge in [-0.1, -0.05) is 35.9 Å². The van der Waals surface area contributed by atoms with E-state index >= 15 is 0 Å². The molecular weight excluding hydrogens is 358 g/mol. The molecule has 0 fully saturated rings. The first-order valence-electron chi connectivity index (χ1n) is 7.89. The van der Waals surface area contributed by atoms with Crippen molar-refractivity contribution in [3.8, 4) is 11.5 Å². The fourth-order valence-corrected chi connectivity index (χ4v) is 2.74. The van der Waals surface area contributed by atoms with Gasteiger partial charge in [-0.3, -0.25) is 4.79 Å². The first-order chi connectivity index (χ1) is 12.5. The van der Waals surface area contributed by atoms with Crippen LogP contribution in [0.25, 0.3) is 0 Å². The number of rotatable bonds is 7. The van der Waals surface area contributed by atoms with Crippen molar-refractivity contribution in [1.29, 1.82) is 0 Å². The minimum Gasteiger partial charge on any atom is -0.493 e. The Morgan fingerprint density at radius 2 is 1.81 bits per heavy atom. The molecule has 2 rings (SSSR count). The Hall–Kier alpha value is -2.73. The molecule has 1 N–H and O–H groups in total. The Labute approximate surface area is 157 Å². The lowest BCUT2D eigenvalue weighted by Crippen LogP contribution is -2.31. The molecule has 1 atom stereocenters. The van der Waals surface area contributed by atoms with Crippen molar-refractivity contribution in [2.45, 2.75) is 13.0 Å². The number of carbonyl (C=O) groups is 2. The predicted octanol–water partition coefficient (Wildman–Crippen LogP) is 3.39. The fraction of sp³-hybridized carbons (Fsp3) is 0.263. The first-order valence-corrected chi connectivity index (χ1v) is 8.27. The van der Waals surface area contributed by atoms with E-state index < -0.39 is 18.5 Å². The highest BCUT2D eigenvalue weighted by Gasteiger charge is 2.19. The summed E-state index contributed by atoms with van der Waals surface area (Å²) in [7, 11) is 2.89. The second kappa shape index (κ2) is 9.10. The third kappa shape index (κ3) is 4.67. The summed E-state index contributed by atoms with van der Waals surface area (Å²) in [5, 5.41) is 3.29. The van der Waals surface area contributed by atoms with Crippen LogP contribution in [0.2, 0.25) is 5.02 Å². The highest BCUT2D eigenvalue weighted by atomic mass is 35.5. The van der Waals surface area contributed by atoms with Crippen LogP contribution in [-0.2, 0) is 9.53 Å². The molecule has 7 heteroatoms. The molecule has 0 aromatic heterocycles. The standard InChI is InChI=1S/C19H20ClNO5/c1-12(13-7-4-5-9-15(13)20)21-17(22)11-26-19(23)14-8-6-10-16(24-2)18(14)25-3/h4-10,12H,11H2,1-3H3,(H,21,22)/t12-/m1/s1. The highest BCUT2D eigenvalue weighted by Crippen LogP contribution is 2.31. The smallest absolute Gasteiger partial charge is 0.342 e. The maximum atomic E-state index is 12.2. The molecule has 6 nitrogen and oxygen atoms in total. The Morgan fingerprint density at radius 1 is 1.08 bits per heavy atom. The number of carbonyl (C=O) groups excluding carboxylic acids is 2. The van der Waals surface area contributed by atoms with Crippen LogP contribution in [0.5, 0.6) is 11.5 Å². The predicted molar refractivity (Wildman–Crippen MR) is 97.8 cm³/mol. The second-order valence-electron chi connectivity index (χ2n) is 5.43. The number of para-hydroxylation sites is 1. The quantitative estimate of drug-likeness (QED) is 0.748. The normalized spacial score (nSPS) is 11.4. The lowest BCUT2D eigenvalue weighted by atomic mass is 10.1. The van der Waals surface area contributed by atoms with Gasteiger partial charge in [-0.25, -0.2) is 4.79 Å². The van der Waals surface area contributed by atoms with Crippen molar-refractivity contribution in [2.24, 2.45) is 0 Å². The fourth-order valence-electron chi connectivity index (χ4n) is 2.44. The summed E-state index contributed by atoms with van der Waals surface area (Å²) in [4.78, 5) is 24.3. The molecule has 2 aromatic rings. The van der Waals surface area contributed by atoms with Crippen LogP contribution in [0.15, 0.2) is 42.5 Å². The summed E-state index contributed by atoms with van der Waals surface area (Å²) >= 11 is 6.11. The summed E-state index contributed by atoms with van der Waals surface area (Å²) in [5.41, 5.74) is 0.960. The van der Waals surface area contributed by atoms with Gasteiger partial charge < -0.3 is 19.5 Å². The Bertz CT molecular complexity index is 793. The minimum atomic E-state index is -0.679. The van der Waals surface area contributed by atoms with Gasteiger partial charge in [-0.2, -0.15) is 0 Å². The largest absolute Gasteiger partial charge is 0.493 e. The third-order valence-corrected chi connectivity index (χ3v) is 4.05. The lowest BCUT2D eigenvalue weighted by Gasteiger charge is -2.16. The van der Waals surface area contributed by atoms with Gasteiger partial charge in [0.25, 0.3) is 5.91 Å². The average molecular weight is 378 g/mol. The zero-order valence-corrected chi connectivity index (χ0v) is 15.5. The molecule has 0 aliphatic heterocycles. The maximum absolute atomic E-state index is 12.2. The Kier molecular flexibility index (Phi) is 6.86. The number of methoxy groups -OCH3 is 2. The molecule has 0 unspecified atom stereocenters. The van der Waals surface area contributed by atoms with E-state index in [4.69, 9.17) is 25.8 Å². The van der Waals surface area contributed by atoms with Gasteiger partial charge in [0.15, 0.2) is 18.1 Å². The molecule has 1 amide bonds. The van der Waals surface area contributed by atoms with Crippen LogP contribution in [0.1, 0.15) is 28.9 Å². The summed E-state index contributed by atoms with van der Waals surface area (Å²) in [5.74, 6) is -0.461. The zero-order valence-electron chi connectivity index (χ0n) is 14.7. The summed E-state index contributed by atoms with van der Waals surface area (Å²) in [6.07, 6.45) is 0. The Morgan fingerprint density at radius 3 is 2.46 bits per heavy atom. The second-order valence-corrected chi connectivity index (χ2v) is 5.84. The molecule has 0 aliphatic rings. The van der Waals surface area contributed by atoms with E-state index in [-0.39, 0.29) is 17.4 Å². The van der Waals surface area contributed by atoms with Crippen LogP contribution in [-0.4, -0.2) is 32.7 Å². The number of benzene rings is 2. The van der Waals surface area contributed by atoms with Crippen LogP contribution >= 0.6 is 11.6 Å². The van der Waals surface area contributed by atoms with E-state index in [9.17, 15) is 9.59 Å². The van der Waals surface area contributed by atoms with Crippen molar-refractivity contribution in [1.82, 2.24) is 5.32 Å². The number of hydrogen-bond acceptors (Lipinski definition) is 5.